The van der Waals surface area contributed by atoms with Crippen LogP contribution in [0.2, 0.25) is 0 Å². The molecule has 0 aliphatic carbocycles. The molecule has 5 nitrogen and oxygen atoms in total. The standard InChI is InChI=1S/C12H14BrNO4/c1-7-8(12(16)17)3-2-5-14(7)11(15)10-9(13)4-6-18-10/h4,6-8H,2-3,5H2,1H3,(H,16,17)/t7-,8-/m1/s1. The van der Waals surface area contributed by atoms with E-state index in [1.807, 2.05) is 0 Å². The number of halogens is 1. The molecule has 1 N–H and O–H groups in total. The SMILES string of the molecule is C[C@@H]1[C@H](C(=O)O)CCCN1C(=O)c1occc1Br. The molecule has 1 saturated heterocycles. The number of carbonyl (C=O) groups is 2. The van der Waals surface area contributed by atoms with Crippen LogP contribution in [0.4, 0.5) is 0 Å². The van der Waals surface area contributed by atoms with Gasteiger partial charge in [-0.2, -0.15) is 0 Å². The molecular weight excluding hydrogens is 302 g/mol. The van der Waals surface area contributed by atoms with Gasteiger partial charge in [-0.05, 0) is 41.8 Å². The van der Waals surface area contributed by atoms with Crippen LogP contribution in [0.25, 0.3) is 0 Å². The Morgan fingerprint density at radius 1 is 1.56 bits per heavy atom. The number of aliphatic carboxylic acids is 1. The van der Waals surface area contributed by atoms with Gasteiger partial charge in [0.15, 0.2) is 0 Å². The largest absolute Gasteiger partial charge is 0.481 e. The first kappa shape index (κ1) is 13.1. The number of carboxylic acids is 1. The molecule has 1 aliphatic heterocycles. The molecule has 2 atom stereocenters. The third-order valence-corrected chi connectivity index (χ3v) is 4.00. The molecule has 6 heteroatoms. The Morgan fingerprint density at radius 2 is 2.28 bits per heavy atom. The maximum absolute atomic E-state index is 12.3. The zero-order valence-corrected chi connectivity index (χ0v) is 11.5. The van der Waals surface area contributed by atoms with Gasteiger partial charge in [-0.15, -0.1) is 0 Å². The highest BCUT2D eigenvalue weighted by molar-refractivity contribution is 9.10. The molecule has 18 heavy (non-hydrogen) atoms. The first-order valence-electron chi connectivity index (χ1n) is 5.79. The van der Waals surface area contributed by atoms with E-state index in [-0.39, 0.29) is 17.7 Å². The summed E-state index contributed by atoms with van der Waals surface area (Å²) >= 11 is 3.24. The summed E-state index contributed by atoms with van der Waals surface area (Å²) in [5.74, 6) is -1.38. The van der Waals surface area contributed by atoms with Crippen molar-refractivity contribution in [3.63, 3.8) is 0 Å². The third kappa shape index (κ3) is 2.29. The summed E-state index contributed by atoms with van der Waals surface area (Å²) in [4.78, 5) is 25.0. The van der Waals surface area contributed by atoms with Gasteiger partial charge >= 0.3 is 5.97 Å². The molecule has 2 rings (SSSR count). The average molecular weight is 316 g/mol. The number of carboxylic acid groups (broad SMARTS) is 1. The average Bonchev–Trinajstić information content (AvgIpc) is 2.74. The van der Waals surface area contributed by atoms with Crippen LogP contribution in [0.3, 0.4) is 0 Å². The second kappa shape index (κ2) is 5.14. The van der Waals surface area contributed by atoms with Crippen molar-refractivity contribution < 1.29 is 19.1 Å². The number of amides is 1. The summed E-state index contributed by atoms with van der Waals surface area (Å²) in [6.45, 7) is 2.34. The lowest BCUT2D eigenvalue weighted by Crippen LogP contribution is -2.49. The van der Waals surface area contributed by atoms with Gasteiger partial charge in [0.25, 0.3) is 5.91 Å². The number of likely N-dealkylation sites (tertiary alicyclic amines) is 1. The van der Waals surface area contributed by atoms with Crippen molar-refractivity contribution in [3.8, 4) is 0 Å². The number of nitrogens with zero attached hydrogens (tertiary/aromatic N) is 1. The van der Waals surface area contributed by atoms with Crippen molar-refractivity contribution in [3.05, 3.63) is 22.6 Å². The van der Waals surface area contributed by atoms with Gasteiger partial charge in [0.1, 0.15) is 0 Å². The minimum Gasteiger partial charge on any atom is -0.481 e. The van der Waals surface area contributed by atoms with E-state index in [1.54, 1.807) is 17.9 Å². The number of rotatable bonds is 2. The van der Waals surface area contributed by atoms with Gasteiger partial charge in [-0.1, -0.05) is 0 Å². The molecule has 2 heterocycles. The van der Waals surface area contributed by atoms with Gasteiger partial charge in [-0.25, -0.2) is 0 Å². The van der Waals surface area contributed by atoms with Gasteiger partial charge in [0.05, 0.1) is 16.7 Å². The Morgan fingerprint density at radius 3 is 2.83 bits per heavy atom. The van der Waals surface area contributed by atoms with E-state index in [0.29, 0.717) is 23.9 Å². The molecule has 1 aliphatic rings. The Bertz CT molecular complexity index is 470. The fourth-order valence-corrected chi connectivity index (χ4v) is 2.71. The maximum Gasteiger partial charge on any atom is 0.308 e. The predicted octanol–water partition coefficient (Wildman–Crippen LogP) is 2.37. The van der Waals surface area contributed by atoms with Crippen molar-refractivity contribution in [2.24, 2.45) is 5.92 Å². The van der Waals surface area contributed by atoms with Crippen molar-refractivity contribution in [1.82, 2.24) is 4.90 Å². The summed E-state index contributed by atoms with van der Waals surface area (Å²) in [5, 5.41) is 9.12. The number of furan rings is 1. The number of hydrogen-bond donors (Lipinski definition) is 1. The van der Waals surface area contributed by atoms with Crippen LogP contribution >= 0.6 is 15.9 Å². The lowest BCUT2D eigenvalue weighted by molar-refractivity contribution is -0.145. The predicted molar refractivity (Wildman–Crippen MR) is 67.3 cm³/mol. The Labute approximate surface area is 113 Å². The van der Waals surface area contributed by atoms with Crippen molar-refractivity contribution in [1.29, 1.82) is 0 Å². The third-order valence-electron chi connectivity index (χ3n) is 3.38. The first-order chi connectivity index (χ1) is 8.52. The smallest absolute Gasteiger partial charge is 0.308 e. The van der Waals surface area contributed by atoms with E-state index < -0.39 is 11.9 Å². The molecule has 1 aromatic rings. The second-order valence-electron chi connectivity index (χ2n) is 4.42. The monoisotopic (exact) mass is 315 g/mol. The summed E-state index contributed by atoms with van der Waals surface area (Å²) in [6.07, 6.45) is 2.74. The number of piperidine rings is 1. The van der Waals surface area contributed by atoms with E-state index in [2.05, 4.69) is 15.9 Å². The van der Waals surface area contributed by atoms with E-state index in [0.717, 1.165) is 0 Å². The highest BCUT2D eigenvalue weighted by atomic mass is 79.9. The molecule has 1 amide bonds. The molecule has 0 bridgehead atoms. The summed E-state index contributed by atoms with van der Waals surface area (Å²) in [5.41, 5.74) is 0. The summed E-state index contributed by atoms with van der Waals surface area (Å²) < 4.78 is 5.73. The minimum absolute atomic E-state index is 0.230. The van der Waals surface area contributed by atoms with Crippen LogP contribution in [-0.2, 0) is 4.79 Å². The van der Waals surface area contributed by atoms with Crippen LogP contribution < -0.4 is 0 Å². The Balaban J connectivity index is 2.20. The quantitative estimate of drug-likeness (QED) is 0.909. The number of carbonyl (C=O) groups excluding carboxylic acids is 1. The van der Waals surface area contributed by atoms with Gasteiger partial charge in [0.2, 0.25) is 5.76 Å². The molecule has 0 spiro atoms. The minimum atomic E-state index is -0.849. The highest BCUT2D eigenvalue weighted by Crippen LogP contribution is 2.27. The normalized spacial score (nSPS) is 24.0. The van der Waals surface area contributed by atoms with E-state index in [1.165, 1.54) is 6.26 Å². The van der Waals surface area contributed by atoms with E-state index in [9.17, 15) is 9.59 Å². The van der Waals surface area contributed by atoms with Crippen LogP contribution in [0, 0.1) is 5.92 Å². The van der Waals surface area contributed by atoms with Crippen LogP contribution in [-0.4, -0.2) is 34.5 Å². The zero-order valence-electron chi connectivity index (χ0n) is 9.93. The molecule has 1 aromatic heterocycles. The fourth-order valence-electron chi connectivity index (χ4n) is 2.34. The summed E-state index contributed by atoms with van der Waals surface area (Å²) in [6, 6.07) is 1.33. The number of hydrogen-bond acceptors (Lipinski definition) is 3. The topological polar surface area (TPSA) is 70.8 Å². The molecule has 0 unspecified atom stereocenters. The van der Waals surface area contributed by atoms with Crippen LogP contribution in [0.5, 0.6) is 0 Å². The molecule has 1 fully saturated rings. The van der Waals surface area contributed by atoms with Gasteiger partial charge in [-0.3, -0.25) is 9.59 Å². The summed E-state index contributed by atoms with van der Waals surface area (Å²) in [7, 11) is 0. The lowest BCUT2D eigenvalue weighted by atomic mass is 9.90. The van der Waals surface area contributed by atoms with Gasteiger partial charge in [0, 0.05) is 12.6 Å². The van der Waals surface area contributed by atoms with Crippen LogP contribution in [0.15, 0.2) is 21.2 Å². The molecule has 0 aromatic carbocycles. The first-order valence-corrected chi connectivity index (χ1v) is 6.58. The molecule has 98 valence electrons. The highest BCUT2D eigenvalue weighted by Gasteiger charge is 2.36. The zero-order chi connectivity index (χ0) is 13.3. The fraction of sp³-hybridized carbons (Fsp3) is 0.500. The van der Waals surface area contributed by atoms with Crippen LogP contribution in [0.1, 0.15) is 30.3 Å². The second-order valence-corrected chi connectivity index (χ2v) is 5.28. The van der Waals surface area contributed by atoms with Crippen molar-refractivity contribution in [2.75, 3.05) is 6.54 Å². The van der Waals surface area contributed by atoms with Crippen molar-refractivity contribution in [2.45, 2.75) is 25.8 Å². The molecular formula is C12H14BrNO4. The Kier molecular flexibility index (Phi) is 3.75. The van der Waals surface area contributed by atoms with E-state index in [4.69, 9.17) is 9.52 Å². The molecule has 0 radical (unpaired) electrons. The molecule has 0 saturated carbocycles. The van der Waals surface area contributed by atoms with E-state index >= 15 is 0 Å². The Hall–Kier alpha value is -1.30. The van der Waals surface area contributed by atoms with Crippen molar-refractivity contribution >= 4 is 27.8 Å². The van der Waals surface area contributed by atoms with Gasteiger partial charge < -0.3 is 14.4 Å². The lowest BCUT2D eigenvalue weighted by Gasteiger charge is -2.37. The maximum atomic E-state index is 12.3.